The van der Waals surface area contributed by atoms with Gasteiger partial charge in [-0.2, -0.15) is 0 Å². The maximum absolute atomic E-state index is 13.8. The van der Waals surface area contributed by atoms with Gasteiger partial charge in [0, 0.05) is 31.0 Å². The Hall–Kier alpha value is -2.20. The smallest absolute Gasteiger partial charge is 0.233 e. The van der Waals surface area contributed by atoms with Gasteiger partial charge in [0.2, 0.25) is 5.91 Å². The molecule has 3 fully saturated rings. The predicted octanol–water partition coefficient (Wildman–Crippen LogP) is 3.79. The number of carbonyl (C=O) groups is 1. The zero-order valence-electron chi connectivity index (χ0n) is 16.3. The molecule has 4 nitrogen and oxygen atoms in total. The fraction of sp³-hybridized carbons (Fsp3) is 0.500. The van der Waals surface area contributed by atoms with E-state index in [0.29, 0.717) is 25.9 Å². The minimum atomic E-state index is -0.875. The molecule has 2 aromatic rings. The van der Waals surface area contributed by atoms with Crippen LogP contribution in [0.3, 0.4) is 0 Å². The molecule has 2 heterocycles. The molecule has 1 atom stereocenters. The van der Waals surface area contributed by atoms with Gasteiger partial charge in [-0.3, -0.25) is 9.78 Å². The molecule has 1 N–H and O–H groups in total. The van der Waals surface area contributed by atoms with Gasteiger partial charge < -0.3 is 10.0 Å². The van der Waals surface area contributed by atoms with E-state index in [1.807, 2.05) is 23.1 Å². The summed E-state index contributed by atoms with van der Waals surface area (Å²) in [5.41, 5.74) is 1.00. The third-order valence-corrected chi connectivity index (χ3v) is 7.65. The second-order valence-corrected chi connectivity index (χ2v) is 9.00. The summed E-state index contributed by atoms with van der Waals surface area (Å²) >= 11 is 0. The SMILES string of the molecule is O=C(N1CCC(O)(c2cccnc2)CC1)C1(c2ccccc2)CC12CCCC2. The molecular formula is C24H28N2O2. The van der Waals surface area contributed by atoms with Gasteiger partial charge in [0.05, 0.1) is 11.0 Å². The molecule has 1 aromatic heterocycles. The Morgan fingerprint density at radius 2 is 1.61 bits per heavy atom. The summed E-state index contributed by atoms with van der Waals surface area (Å²) in [4.78, 5) is 20.0. The van der Waals surface area contributed by atoms with Gasteiger partial charge in [-0.1, -0.05) is 49.2 Å². The highest BCUT2D eigenvalue weighted by Crippen LogP contribution is 2.72. The molecule has 1 aromatic carbocycles. The Labute approximate surface area is 166 Å². The fourth-order valence-electron chi connectivity index (χ4n) is 5.95. The number of benzene rings is 1. The molecule has 3 aliphatic rings. The first-order valence-corrected chi connectivity index (χ1v) is 10.6. The van der Waals surface area contributed by atoms with E-state index in [2.05, 4.69) is 29.2 Å². The quantitative estimate of drug-likeness (QED) is 0.887. The Kier molecular flexibility index (Phi) is 4.09. The molecule has 146 valence electrons. The van der Waals surface area contributed by atoms with Gasteiger partial charge in [-0.15, -0.1) is 0 Å². The molecule has 0 bridgehead atoms. The van der Waals surface area contributed by atoms with Crippen LogP contribution in [0.5, 0.6) is 0 Å². The van der Waals surface area contributed by atoms with Crippen LogP contribution in [0.2, 0.25) is 0 Å². The highest BCUT2D eigenvalue weighted by atomic mass is 16.3. The average molecular weight is 377 g/mol. The van der Waals surface area contributed by atoms with Crippen LogP contribution in [-0.4, -0.2) is 34.0 Å². The van der Waals surface area contributed by atoms with Crippen molar-refractivity contribution < 1.29 is 9.90 Å². The summed E-state index contributed by atoms with van der Waals surface area (Å²) in [6.45, 7) is 1.21. The number of hydrogen-bond acceptors (Lipinski definition) is 3. The summed E-state index contributed by atoms with van der Waals surface area (Å²) in [5.74, 6) is 0.286. The van der Waals surface area contributed by atoms with Crippen LogP contribution in [-0.2, 0) is 15.8 Å². The summed E-state index contributed by atoms with van der Waals surface area (Å²) in [5, 5.41) is 11.1. The third kappa shape index (κ3) is 2.54. The first kappa shape index (κ1) is 17.9. The van der Waals surface area contributed by atoms with Gasteiger partial charge in [0.15, 0.2) is 0 Å². The van der Waals surface area contributed by atoms with Gasteiger partial charge >= 0.3 is 0 Å². The monoisotopic (exact) mass is 376 g/mol. The molecule has 28 heavy (non-hydrogen) atoms. The number of aliphatic hydroxyl groups is 1. The van der Waals surface area contributed by atoms with E-state index in [1.54, 1.807) is 12.4 Å². The standard InChI is InChI=1S/C24H28N2O2/c27-21(26-15-12-23(28,13-16-26)20-9-6-14-25-17-20)24(19-7-2-1-3-8-19)18-22(24)10-4-5-11-22/h1-3,6-9,14,17,28H,4-5,10-13,15-16,18H2. The van der Waals surface area contributed by atoms with E-state index < -0.39 is 5.60 Å². The van der Waals surface area contributed by atoms with Crippen molar-refractivity contribution >= 4 is 5.91 Å². The number of pyridine rings is 1. The second kappa shape index (κ2) is 6.41. The maximum Gasteiger partial charge on any atom is 0.233 e. The molecule has 1 saturated heterocycles. The van der Waals surface area contributed by atoms with Gasteiger partial charge in [0.25, 0.3) is 0 Å². The van der Waals surface area contributed by atoms with E-state index in [1.165, 1.54) is 31.2 Å². The van der Waals surface area contributed by atoms with Gasteiger partial charge in [-0.25, -0.2) is 0 Å². The Balaban J connectivity index is 1.39. The van der Waals surface area contributed by atoms with Gasteiger partial charge in [0.1, 0.15) is 0 Å². The summed E-state index contributed by atoms with van der Waals surface area (Å²) in [7, 11) is 0. The Bertz CT molecular complexity index is 853. The fourth-order valence-corrected chi connectivity index (χ4v) is 5.95. The van der Waals surface area contributed by atoms with Crippen LogP contribution in [0.1, 0.15) is 56.1 Å². The zero-order chi connectivity index (χ0) is 19.2. The second-order valence-electron chi connectivity index (χ2n) is 9.00. The van der Waals surface area contributed by atoms with Crippen molar-refractivity contribution in [1.82, 2.24) is 9.88 Å². The number of piperidine rings is 1. The van der Waals surface area contributed by atoms with E-state index in [4.69, 9.17) is 0 Å². The third-order valence-electron chi connectivity index (χ3n) is 7.65. The molecule has 2 aliphatic carbocycles. The lowest BCUT2D eigenvalue weighted by Gasteiger charge is -2.40. The largest absolute Gasteiger partial charge is 0.385 e. The molecule has 0 radical (unpaired) electrons. The molecule has 2 saturated carbocycles. The topological polar surface area (TPSA) is 53.4 Å². The lowest BCUT2D eigenvalue weighted by molar-refractivity contribution is -0.139. The van der Waals surface area contributed by atoms with E-state index in [0.717, 1.165) is 12.0 Å². The number of aromatic nitrogens is 1. The van der Waals surface area contributed by atoms with Crippen LogP contribution in [0.25, 0.3) is 0 Å². The first-order valence-electron chi connectivity index (χ1n) is 10.6. The van der Waals surface area contributed by atoms with Crippen LogP contribution in [0, 0.1) is 5.41 Å². The molecule has 1 spiro atoms. The number of nitrogens with zero attached hydrogens (tertiary/aromatic N) is 2. The minimum Gasteiger partial charge on any atom is -0.385 e. The highest BCUT2D eigenvalue weighted by molar-refractivity contribution is 5.93. The molecule has 5 rings (SSSR count). The highest BCUT2D eigenvalue weighted by Gasteiger charge is 2.73. The van der Waals surface area contributed by atoms with Crippen LogP contribution >= 0.6 is 0 Å². The lowest BCUT2D eigenvalue weighted by Crippen LogP contribution is -2.49. The van der Waals surface area contributed by atoms with E-state index in [9.17, 15) is 9.90 Å². The average Bonchev–Trinajstić information content (AvgIpc) is 3.16. The Morgan fingerprint density at radius 1 is 0.929 bits per heavy atom. The number of likely N-dealkylation sites (tertiary alicyclic amines) is 1. The van der Waals surface area contributed by atoms with Gasteiger partial charge in [-0.05, 0) is 49.1 Å². The van der Waals surface area contributed by atoms with Crippen LogP contribution in [0.4, 0.5) is 0 Å². The van der Waals surface area contributed by atoms with Crippen molar-refractivity contribution in [2.45, 2.75) is 56.0 Å². The van der Waals surface area contributed by atoms with Crippen LogP contribution in [0.15, 0.2) is 54.9 Å². The molecule has 1 unspecified atom stereocenters. The van der Waals surface area contributed by atoms with Crippen molar-refractivity contribution in [2.24, 2.45) is 5.41 Å². The molecular weight excluding hydrogens is 348 g/mol. The summed E-state index contributed by atoms with van der Waals surface area (Å²) < 4.78 is 0. The van der Waals surface area contributed by atoms with Crippen molar-refractivity contribution in [3.8, 4) is 0 Å². The van der Waals surface area contributed by atoms with Crippen molar-refractivity contribution in [1.29, 1.82) is 0 Å². The molecule has 1 aliphatic heterocycles. The molecule has 1 amide bonds. The number of rotatable bonds is 3. The van der Waals surface area contributed by atoms with E-state index in [-0.39, 0.29) is 16.7 Å². The molecule has 4 heteroatoms. The van der Waals surface area contributed by atoms with Crippen molar-refractivity contribution in [3.63, 3.8) is 0 Å². The normalized spacial score (nSPS) is 27.7. The predicted molar refractivity (Wildman–Crippen MR) is 108 cm³/mol. The number of carbonyl (C=O) groups excluding carboxylic acids is 1. The summed E-state index contributed by atoms with van der Waals surface area (Å²) in [6, 6.07) is 14.2. The van der Waals surface area contributed by atoms with Crippen molar-refractivity contribution in [3.05, 3.63) is 66.0 Å². The lowest BCUT2D eigenvalue weighted by atomic mass is 9.81. The zero-order valence-corrected chi connectivity index (χ0v) is 16.3. The first-order chi connectivity index (χ1) is 13.6. The number of amides is 1. The Morgan fingerprint density at radius 3 is 2.25 bits per heavy atom. The van der Waals surface area contributed by atoms with E-state index >= 15 is 0 Å². The number of hydrogen-bond donors (Lipinski definition) is 1. The van der Waals surface area contributed by atoms with Crippen molar-refractivity contribution in [2.75, 3.05) is 13.1 Å². The van der Waals surface area contributed by atoms with Crippen LogP contribution < -0.4 is 0 Å². The minimum absolute atomic E-state index is 0.169. The summed E-state index contributed by atoms with van der Waals surface area (Å²) in [6.07, 6.45) is 10.4. The maximum atomic E-state index is 13.8.